The Morgan fingerprint density at radius 3 is 2.50 bits per heavy atom. The van der Waals surface area contributed by atoms with E-state index in [-0.39, 0.29) is 5.91 Å². The molecular weight excluding hydrogens is 429 g/mol. The molecule has 3 aromatic rings. The average Bonchev–Trinajstić information content (AvgIpc) is 2.92. The molecule has 0 aliphatic carbocycles. The van der Waals surface area contributed by atoms with Crippen LogP contribution >= 0.6 is 0 Å². The molecule has 0 unspecified atom stereocenters. The van der Waals surface area contributed by atoms with Crippen molar-refractivity contribution in [3.05, 3.63) is 53.3 Å². The van der Waals surface area contributed by atoms with E-state index in [1.54, 1.807) is 13.2 Å². The lowest BCUT2D eigenvalue weighted by atomic mass is 10.1. The normalized spacial score (nSPS) is 13.6. The van der Waals surface area contributed by atoms with Crippen LogP contribution in [0.3, 0.4) is 0 Å². The third-order valence-corrected chi connectivity index (χ3v) is 4.97. The fraction of sp³-hybridized carbons (Fsp3) is 0.333. The minimum atomic E-state index is -5.08. The number of ether oxygens (including phenoxy) is 1. The molecular formula is C21H21F3N4O4. The van der Waals surface area contributed by atoms with Gasteiger partial charge in [-0.1, -0.05) is 24.3 Å². The number of aryl methyl sites for hydroxylation is 1. The fourth-order valence-corrected chi connectivity index (χ4v) is 3.42. The number of benzene rings is 1. The molecule has 2 aromatic heterocycles. The fourth-order valence-electron chi connectivity index (χ4n) is 3.42. The van der Waals surface area contributed by atoms with Crippen LogP contribution in [0.1, 0.15) is 28.2 Å². The van der Waals surface area contributed by atoms with Gasteiger partial charge in [0, 0.05) is 24.5 Å². The number of aromatic nitrogens is 3. The van der Waals surface area contributed by atoms with Crippen LogP contribution in [0.25, 0.3) is 10.9 Å². The van der Waals surface area contributed by atoms with Crippen molar-refractivity contribution in [2.45, 2.75) is 25.6 Å². The topological polar surface area (TPSA) is 97.5 Å². The number of hydrogen-bond acceptors (Lipinski definition) is 5. The number of aliphatic carboxylic acids is 1. The van der Waals surface area contributed by atoms with Gasteiger partial charge in [-0.15, -0.1) is 5.10 Å². The Balaban J connectivity index is 0.000000360. The second-order valence-electron chi connectivity index (χ2n) is 7.08. The van der Waals surface area contributed by atoms with Crippen molar-refractivity contribution >= 4 is 22.8 Å². The molecule has 0 radical (unpaired) electrons. The van der Waals surface area contributed by atoms with E-state index in [9.17, 15) is 18.0 Å². The zero-order chi connectivity index (χ0) is 23.5. The standard InChI is InChI=1S/C19H20N4O2.C2HF3O2/c1-22-17-12-23(11-5-7-14(17)18(21-22)25-2)19(24)16-10-9-13-6-3-4-8-15(13)20-16;3-2(4,5)1(6)7/h3-4,6,8-10H,5,7,11-12H2,1-2H3;(H,6,7). The first-order valence-electron chi connectivity index (χ1n) is 9.65. The molecule has 11 heteroatoms. The minimum Gasteiger partial charge on any atom is -0.480 e. The Kier molecular flexibility index (Phi) is 6.66. The zero-order valence-corrected chi connectivity index (χ0v) is 17.4. The predicted molar refractivity (Wildman–Crippen MR) is 108 cm³/mol. The maximum absolute atomic E-state index is 13.0. The molecule has 4 rings (SSSR count). The van der Waals surface area contributed by atoms with E-state index in [0.29, 0.717) is 24.7 Å². The van der Waals surface area contributed by atoms with Crippen LogP contribution in [0.5, 0.6) is 5.88 Å². The molecule has 170 valence electrons. The van der Waals surface area contributed by atoms with Crippen LogP contribution in [0.15, 0.2) is 36.4 Å². The quantitative estimate of drug-likeness (QED) is 0.644. The number of fused-ring (bicyclic) bond motifs is 2. The highest BCUT2D eigenvalue weighted by atomic mass is 19.4. The Labute approximate surface area is 181 Å². The monoisotopic (exact) mass is 450 g/mol. The molecule has 32 heavy (non-hydrogen) atoms. The second-order valence-corrected chi connectivity index (χ2v) is 7.08. The Hall–Kier alpha value is -3.63. The summed E-state index contributed by atoms with van der Waals surface area (Å²) in [7, 11) is 3.53. The number of amides is 1. The Morgan fingerprint density at radius 2 is 1.84 bits per heavy atom. The van der Waals surface area contributed by atoms with Crippen molar-refractivity contribution in [3.8, 4) is 5.88 Å². The minimum absolute atomic E-state index is 0.0428. The van der Waals surface area contributed by atoms with Crippen molar-refractivity contribution in [2.75, 3.05) is 13.7 Å². The summed E-state index contributed by atoms with van der Waals surface area (Å²) in [4.78, 5) is 28.3. The van der Waals surface area contributed by atoms with E-state index in [0.717, 1.165) is 35.0 Å². The number of halogens is 3. The van der Waals surface area contributed by atoms with Crippen LogP contribution in [-0.2, 0) is 24.8 Å². The average molecular weight is 450 g/mol. The van der Waals surface area contributed by atoms with Gasteiger partial charge in [0.15, 0.2) is 0 Å². The first kappa shape index (κ1) is 23.0. The SMILES string of the molecule is COc1nn(C)c2c1CCCN(C(=O)c1ccc3ccccc3n1)C2.O=C(O)C(F)(F)F. The van der Waals surface area contributed by atoms with Crippen molar-refractivity contribution < 1.29 is 32.6 Å². The molecule has 0 fully saturated rings. The summed E-state index contributed by atoms with van der Waals surface area (Å²) in [6.45, 7) is 1.22. The van der Waals surface area contributed by atoms with Gasteiger partial charge in [-0.05, 0) is 25.0 Å². The molecule has 0 saturated heterocycles. The summed E-state index contributed by atoms with van der Waals surface area (Å²) in [5.74, 6) is -2.14. The number of nitrogens with zero attached hydrogens (tertiary/aromatic N) is 4. The molecule has 1 aliphatic heterocycles. The summed E-state index contributed by atoms with van der Waals surface area (Å²) in [5, 5.41) is 12.6. The van der Waals surface area contributed by atoms with Gasteiger partial charge in [0.2, 0.25) is 5.88 Å². The van der Waals surface area contributed by atoms with Gasteiger partial charge in [0.1, 0.15) is 5.69 Å². The number of carboxylic acid groups (broad SMARTS) is 1. The number of carboxylic acids is 1. The molecule has 1 amide bonds. The van der Waals surface area contributed by atoms with Gasteiger partial charge in [-0.25, -0.2) is 9.78 Å². The zero-order valence-electron chi connectivity index (χ0n) is 17.4. The summed E-state index contributed by atoms with van der Waals surface area (Å²) >= 11 is 0. The number of hydrogen-bond donors (Lipinski definition) is 1. The smallest absolute Gasteiger partial charge is 0.480 e. The van der Waals surface area contributed by atoms with Gasteiger partial charge in [-0.2, -0.15) is 13.2 Å². The molecule has 0 bridgehead atoms. The van der Waals surface area contributed by atoms with Crippen molar-refractivity contribution in [2.24, 2.45) is 7.05 Å². The number of carbonyl (C=O) groups excluding carboxylic acids is 1. The van der Waals surface area contributed by atoms with Crippen molar-refractivity contribution in [1.29, 1.82) is 0 Å². The highest BCUT2D eigenvalue weighted by molar-refractivity contribution is 5.95. The van der Waals surface area contributed by atoms with Crippen LogP contribution in [0.4, 0.5) is 13.2 Å². The maximum Gasteiger partial charge on any atom is 0.490 e. The van der Waals surface area contributed by atoms with Gasteiger partial charge in [0.05, 0.1) is 24.9 Å². The lowest BCUT2D eigenvalue weighted by Crippen LogP contribution is -2.32. The highest BCUT2D eigenvalue weighted by Crippen LogP contribution is 2.27. The second kappa shape index (κ2) is 9.25. The van der Waals surface area contributed by atoms with Crippen LogP contribution in [0, 0.1) is 0 Å². The Morgan fingerprint density at radius 1 is 1.16 bits per heavy atom. The molecule has 3 heterocycles. The molecule has 1 aromatic carbocycles. The number of pyridine rings is 1. The van der Waals surface area contributed by atoms with Crippen LogP contribution < -0.4 is 4.74 Å². The van der Waals surface area contributed by atoms with Crippen molar-refractivity contribution in [1.82, 2.24) is 19.7 Å². The number of carbonyl (C=O) groups is 2. The largest absolute Gasteiger partial charge is 0.490 e. The van der Waals surface area contributed by atoms with E-state index in [1.165, 1.54) is 0 Å². The highest BCUT2D eigenvalue weighted by Gasteiger charge is 2.38. The summed E-state index contributed by atoms with van der Waals surface area (Å²) in [6, 6.07) is 11.6. The lowest BCUT2D eigenvalue weighted by Gasteiger charge is -2.20. The third kappa shape index (κ3) is 4.98. The van der Waals surface area contributed by atoms with Gasteiger partial charge < -0.3 is 14.7 Å². The van der Waals surface area contributed by atoms with Gasteiger partial charge >= 0.3 is 12.1 Å². The van der Waals surface area contributed by atoms with E-state index in [1.807, 2.05) is 47.0 Å². The van der Waals surface area contributed by atoms with E-state index >= 15 is 0 Å². The summed E-state index contributed by atoms with van der Waals surface area (Å²) < 4.78 is 38.9. The predicted octanol–water partition coefficient (Wildman–Crippen LogP) is 3.20. The molecule has 8 nitrogen and oxygen atoms in total. The van der Waals surface area contributed by atoms with Gasteiger partial charge in [0.25, 0.3) is 5.91 Å². The molecule has 0 saturated carbocycles. The van der Waals surface area contributed by atoms with E-state index in [2.05, 4.69) is 10.1 Å². The number of methoxy groups -OCH3 is 1. The number of rotatable bonds is 2. The van der Waals surface area contributed by atoms with Gasteiger partial charge in [-0.3, -0.25) is 9.48 Å². The summed E-state index contributed by atoms with van der Waals surface area (Å²) in [5.41, 5.74) is 3.46. The lowest BCUT2D eigenvalue weighted by molar-refractivity contribution is -0.192. The molecule has 1 N–H and O–H groups in total. The summed E-state index contributed by atoms with van der Waals surface area (Å²) in [6.07, 6.45) is -3.34. The van der Waals surface area contributed by atoms with E-state index < -0.39 is 12.1 Å². The van der Waals surface area contributed by atoms with Crippen molar-refractivity contribution in [3.63, 3.8) is 0 Å². The van der Waals surface area contributed by atoms with E-state index in [4.69, 9.17) is 14.6 Å². The van der Waals surface area contributed by atoms with Crippen LogP contribution in [-0.4, -0.2) is 56.5 Å². The molecule has 1 aliphatic rings. The maximum atomic E-state index is 13.0. The third-order valence-electron chi connectivity index (χ3n) is 4.97. The first-order chi connectivity index (χ1) is 15.1. The first-order valence-corrected chi connectivity index (χ1v) is 9.65. The number of para-hydroxylation sites is 1. The molecule has 0 spiro atoms. The number of alkyl halides is 3. The van der Waals surface area contributed by atoms with Crippen LogP contribution in [0.2, 0.25) is 0 Å². The molecule has 0 atom stereocenters. The Bertz CT molecular complexity index is 1140.